The lowest BCUT2D eigenvalue weighted by molar-refractivity contribution is 0.288. The second kappa shape index (κ2) is 9.31. The van der Waals surface area contributed by atoms with E-state index in [9.17, 15) is 5.11 Å². The van der Waals surface area contributed by atoms with E-state index in [0.29, 0.717) is 5.92 Å². The van der Waals surface area contributed by atoms with Gasteiger partial charge < -0.3 is 5.11 Å². The van der Waals surface area contributed by atoms with E-state index in [1.165, 1.54) is 38.9 Å². The zero-order valence-electron chi connectivity index (χ0n) is 19.4. The molecule has 0 amide bonds. The van der Waals surface area contributed by atoms with Crippen LogP contribution in [0.25, 0.3) is 22.0 Å². The Morgan fingerprint density at radius 1 is 1.03 bits per heavy atom. The van der Waals surface area contributed by atoms with Crippen LogP contribution in [0.15, 0.2) is 42.5 Å². The molecule has 2 nitrogen and oxygen atoms in total. The molecule has 0 bridgehead atoms. The highest BCUT2D eigenvalue weighted by atomic mass is 16.2. The standard InChI is InChI=1S/C28H36NO/c1-19(2)16-26-24(18-28(4,5)6)27(22-12-9-20(3)10-13-22)23-17-21(8-7-15-30)11-14-25(23)29-26/h9-14,17-19,30H,7-8,15-16H2,1-6H3. The minimum Gasteiger partial charge on any atom is -0.396 e. The zero-order valence-corrected chi connectivity index (χ0v) is 19.4. The summed E-state index contributed by atoms with van der Waals surface area (Å²) in [4.78, 5) is 5.14. The van der Waals surface area contributed by atoms with Crippen molar-refractivity contribution in [3.8, 4) is 11.1 Å². The monoisotopic (exact) mass is 402 g/mol. The number of fused-ring (bicyclic) bond motifs is 1. The number of rotatable bonds is 7. The van der Waals surface area contributed by atoms with E-state index >= 15 is 0 Å². The summed E-state index contributed by atoms with van der Waals surface area (Å²) in [5, 5.41) is 10.5. The Morgan fingerprint density at radius 3 is 2.33 bits per heavy atom. The SMILES string of the molecule is Cc1ccc(-c2c([CH]C(C)(C)C)c(CC(C)C)nc3ccc(CCCO)cc23)cc1. The molecule has 0 aliphatic rings. The van der Waals surface area contributed by atoms with Gasteiger partial charge in [-0.2, -0.15) is 0 Å². The van der Waals surface area contributed by atoms with Crippen molar-refractivity contribution in [2.24, 2.45) is 11.3 Å². The molecule has 0 aliphatic carbocycles. The van der Waals surface area contributed by atoms with Crippen LogP contribution >= 0.6 is 0 Å². The zero-order chi connectivity index (χ0) is 21.9. The maximum Gasteiger partial charge on any atom is 0.0711 e. The first-order chi connectivity index (χ1) is 14.2. The average Bonchev–Trinajstić information content (AvgIpc) is 2.66. The Balaban J connectivity index is 2.33. The summed E-state index contributed by atoms with van der Waals surface area (Å²) in [5.74, 6) is 0.539. The molecule has 3 aromatic rings. The topological polar surface area (TPSA) is 33.1 Å². The fourth-order valence-corrected chi connectivity index (χ4v) is 3.98. The highest BCUT2D eigenvalue weighted by molar-refractivity contribution is 5.97. The van der Waals surface area contributed by atoms with E-state index in [1.54, 1.807) is 0 Å². The fourth-order valence-electron chi connectivity index (χ4n) is 3.98. The number of aliphatic hydroxyl groups is 1. The summed E-state index contributed by atoms with van der Waals surface area (Å²) in [7, 11) is 0. The number of nitrogens with zero attached hydrogens (tertiary/aromatic N) is 1. The Labute approximate surface area is 182 Å². The smallest absolute Gasteiger partial charge is 0.0711 e. The maximum atomic E-state index is 9.27. The van der Waals surface area contributed by atoms with Gasteiger partial charge in [0, 0.05) is 17.7 Å². The van der Waals surface area contributed by atoms with E-state index in [4.69, 9.17) is 4.98 Å². The third-order valence-electron chi connectivity index (χ3n) is 5.31. The molecule has 0 spiro atoms. The number of hydrogen-bond acceptors (Lipinski definition) is 2. The lowest BCUT2D eigenvalue weighted by atomic mass is 9.81. The molecule has 2 heteroatoms. The molecule has 1 radical (unpaired) electrons. The Hall–Kier alpha value is -2.19. The van der Waals surface area contributed by atoms with Gasteiger partial charge in [-0.05, 0) is 78.3 Å². The third-order valence-corrected chi connectivity index (χ3v) is 5.31. The van der Waals surface area contributed by atoms with Crippen LogP contribution in [0.1, 0.15) is 63.4 Å². The average molecular weight is 403 g/mol. The molecule has 0 unspecified atom stereocenters. The molecule has 0 saturated heterocycles. The van der Waals surface area contributed by atoms with Gasteiger partial charge in [-0.25, -0.2) is 0 Å². The van der Waals surface area contributed by atoms with Crippen LogP contribution in [0.4, 0.5) is 0 Å². The number of benzene rings is 2. The van der Waals surface area contributed by atoms with E-state index < -0.39 is 0 Å². The minimum absolute atomic E-state index is 0.0506. The van der Waals surface area contributed by atoms with Crippen LogP contribution in [0.2, 0.25) is 0 Å². The number of aromatic nitrogens is 1. The van der Waals surface area contributed by atoms with Crippen molar-refractivity contribution in [3.05, 3.63) is 71.3 Å². The Bertz CT molecular complexity index is 994. The van der Waals surface area contributed by atoms with Crippen LogP contribution in [0, 0.1) is 24.7 Å². The molecule has 3 rings (SSSR count). The number of aliphatic hydroxyl groups excluding tert-OH is 1. The molecule has 2 aromatic carbocycles. The van der Waals surface area contributed by atoms with E-state index in [0.717, 1.165) is 24.8 Å². The highest BCUT2D eigenvalue weighted by Crippen LogP contribution is 2.39. The van der Waals surface area contributed by atoms with Gasteiger partial charge in [-0.1, -0.05) is 70.5 Å². The van der Waals surface area contributed by atoms with Gasteiger partial charge in [-0.15, -0.1) is 0 Å². The minimum atomic E-state index is 0.0506. The summed E-state index contributed by atoms with van der Waals surface area (Å²) >= 11 is 0. The molecule has 0 aliphatic heterocycles. The van der Waals surface area contributed by atoms with Crippen LogP contribution in [0.5, 0.6) is 0 Å². The summed E-state index contributed by atoms with van der Waals surface area (Å²) in [6.45, 7) is 13.6. The van der Waals surface area contributed by atoms with Crippen LogP contribution in [-0.4, -0.2) is 16.7 Å². The first-order valence-electron chi connectivity index (χ1n) is 11.2. The Kier molecular flexibility index (Phi) is 6.98. The maximum absolute atomic E-state index is 9.27. The number of pyridine rings is 1. The fraction of sp³-hybridized carbons (Fsp3) is 0.429. The van der Waals surface area contributed by atoms with Gasteiger partial charge >= 0.3 is 0 Å². The molecule has 30 heavy (non-hydrogen) atoms. The van der Waals surface area contributed by atoms with E-state index in [-0.39, 0.29) is 12.0 Å². The van der Waals surface area contributed by atoms with Crippen molar-refractivity contribution in [3.63, 3.8) is 0 Å². The van der Waals surface area contributed by atoms with Gasteiger partial charge in [0.15, 0.2) is 0 Å². The molecule has 0 fully saturated rings. The molecule has 1 N–H and O–H groups in total. The summed E-state index contributed by atoms with van der Waals surface area (Å²) in [6, 6.07) is 15.5. The molecule has 1 heterocycles. The molecule has 0 saturated carbocycles. The van der Waals surface area contributed by atoms with E-state index in [2.05, 4.69) is 90.4 Å². The normalized spacial score (nSPS) is 12.1. The van der Waals surface area contributed by atoms with E-state index in [1.807, 2.05) is 0 Å². The quantitative estimate of drug-likeness (QED) is 0.465. The summed E-state index contributed by atoms with van der Waals surface area (Å²) in [5.41, 5.74) is 8.62. The predicted molar refractivity (Wildman–Crippen MR) is 129 cm³/mol. The third kappa shape index (κ3) is 5.49. The number of hydrogen-bond donors (Lipinski definition) is 1. The second-order valence-corrected chi connectivity index (χ2v) is 10.0. The first-order valence-corrected chi connectivity index (χ1v) is 11.2. The lowest BCUT2D eigenvalue weighted by Crippen LogP contribution is -2.13. The van der Waals surface area contributed by atoms with Crippen molar-refractivity contribution in [2.75, 3.05) is 6.61 Å². The highest BCUT2D eigenvalue weighted by Gasteiger charge is 2.22. The van der Waals surface area contributed by atoms with Gasteiger partial charge in [0.05, 0.1) is 5.52 Å². The molecule has 1 aromatic heterocycles. The molecular weight excluding hydrogens is 366 g/mol. The van der Waals surface area contributed by atoms with Gasteiger partial charge in [-0.3, -0.25) is 4.98 Å². The van der Waals surface area contributed by atoms with Crippen molar-refractivity contribution < 1.29 is 5.11 Å². The second-order valence-electron chi connectivity index (χ2n) is 10.0. The molecule has 0 atom stereocenters. The van der Waals surface area contributed by atoms with Crippen LogP contribution < -0.4 is 0 Å². The van der Waals surface area contributed by atoms with Crippen LogP contribution in [-0.2, 0) is 12.8 Å². The van der Waals surface area contributed by atoms with Crippen molar-refractivity contribution in [2.45, 2.75) is 60.8 Å². The van der Waals surface area contributed by atoms with Crippen LogP contribution in [0.3, 0.4) is 0 Å². The van der Waals surface area contributed by atoms with Crippen molar-refractivity contribution >= 4 is 10.9 Å². The van der Waals surface area contributed by atoms with Crippen molar-refractivity contribution in [1.29, 1.82) is 0 Å². The Morgan fingerprint density at radius 2 is 1.73 bits per heavy atom. The van der Waals surface area contributed by atoms with Gasteiger partial charge in [0.1, 0.15) is 0 Å². The summed E-state index contributed by atoms with van der Waals surface area (Å²) < 4.78 is 0. The number of aryl methyl sites for hydroxylation is 2. The van der Waals surface area contributed by atoms with Gasteiger partial charge in [0.25, 0.3) is 0 Å². The predicted octanol–water partition coefficient (Wildman–Crippen LogP) is 6.93. The first kappa shape index (κ1) is 22.5. The molecular formula is C28H36NO. The van der Waals surface area contributed by atoms with Crippen molar-refractivity contribution in [1.82, 2.24) is 4.98 Å². The largest absolute Gasteiger partial charge is 0.396 e. The lowest BCUT2D eigenvalue weighted by Gasteiger charge is -2.25. The molecule has 159 valence electrons. The summed E-state index contributed by atoms with van der Waals surface area (Å²) in [6.07, 6.45) is 5.02. The van der Waals surface area contributed by atoms with Gasteiger partial charge in [0.2, 0.25) is 0 Å².